The van der Waals surface area contributed by atoms with E-state index in [9.17, 15) is 16.8 Å². The van der Waals surface area contributed by atoms with Crippen molar-refractivity contribution in [3.05, 3.63) is 22.2 Å². The van der Waals surface area contributed by atoms with Crippen LogP contribution in [0.4, 0.5) is 5.69 Å². The van der Waals surface area contributed by atoms with E-state index in [2.05, 4.69) is 9.44 Å². The Morgan fingerprint density at radius 1 is 1.15 bits per heavy atom. The highest BCUT2D eigenvalue weighted by atomic mass is 35.5. The first-order chi connectivity index (χ1) is 9.07. The van der Waals surface area contributed by atoms with Gasteiger partial charge in [-0.2, -0.15) is 13.1 Å². The molecule has 0 heterocycles. The van der Waals surface area contributed by atoms with Crippen molar-refractivity contribution in [1.29, 1.82) is 0 Å². The lowest BCUT2D eigenvalue weighted by atomic mass is 10.3. The van der Waals surface area contributed by atoms with Gasteiger partial charge in [0.1, 0.15) is 0 Å². The smallest absolute Gasteiger partial charge is 0.268 e. The van der Waals surface area contributed by atoms with Crippen molar-refractivity contribution < 1.29 is 16.8 Å². The van der Waals surface area contributed by atoms with Crippen molar-refractivity contribution >= 4 is 49.1 Å². The lowest BCUT2D eigenvalue weighted by Crippen LogP contribution is -2.30. The van der Waals surface area contributed by atoms with Gasteiger partial charge in [0, 0.05) is 6.54 Å². The van der Waals surface area contributed by atoms with Crippen molar-refractivity contribution in [2.24, 2.45) is 5.14 Å². The molecule has 20 heavy (non-hydrogen) atoms. The highest BCUT2D eigenvalue weighted by Crippen LogP contribution is 2.33. The Hall–Kier alpha value is -0.580. The molecule has 4 N–H and O–H groups in total. The molecule has 0 spiro atoms. The zero-order valence-electron chi connectivity index (χ0n) is 10.4. The van der Waals surface area contributed by atoms with Crippen molar-refractivity contribution in [2.45, 2.75) is 18.2 Å². The van der Waals surface area contributed by atoms with Gasteiger partial charge in [-0.3, -0.25) is 4.72 Å². The molecule has 1 aromatic rings. The van der Waals surface area contributed by atoms with Gasteiger partial charge in [-0.25, -0.2) is 13.6 Å². The van der Waals surface area contributed by atoms with Gasteiger partial charge in [0.05, 0.1) is 20.6 Å². The van der Waals surface area contributed by atoms with E-state index in [0.29, 0.717) is 6.42 Å². The van der Waals surface area contributed by atoms with Gasteiger partial charge in [0.15, 0.2) is 0 Å². The van der Waals surface area contributed by atoms with Gasteiger partial charge in [0.2, 0.25) is 10.0 Å². The average Bonchev–Trinajstić information content (AvgIpc) is 2.30. The molecule has 0 aliphatic rings. The van der Waals surface area contributed by atoms with Crippen LogP contribution in [0.3, 0.4) is 0 Å². The zero-order valence-corrected chi connectivity index (χ0v) is 13.5. The fourth-order valence-corrected chi connectivity index (χ4v) is 3.64. The Kier molecular flexibility index (Phi) is 5.64. The Bertz CT molecular complexity index is 681. The lowest BCUT2D eigenvalue weighted by molar-refractivity contribution is 0.586. The van der Waals surface area contributed by atoms with Gasteiger partial charge in [-0.15, -0.1) is 0 Å². The van der Waals surface area contributed by atoms with Crippen LogP contribution in [-0.4, -0.2) is 23.4 Å². The standard InChI is InChI=1S/C9H13Cl2N3O4S2/c1-2-3-13-20(17,18)14-9-7(10)4-6(5-8(9)11)19(12,15)16/h4-5,13-14H,2-3H2,1H3,(H2,12,15,16). The number of sulfonamides is 1. The van der Waals surface area contributed by atoms with E-state index in [-0.39, 0.29) is 27.2 Å². The summed E-state index contributed by atoms with van der Waals surface area (Å²) in [6, 6.07) is 2.03. The molecule has 1 aromatic carbocycles. The second-order valence-electron chi connectivity index (χ2n) is 3.81. The molecule has 0 saturated carbocycles. The van der Waals surface area contributed by atoms with E-state index in [0.717, 1.165) is 12.1 Å². The summed E-state index contributed by atoms with van der Waals surface area (Å²) in [7, 11) is -7.82. The van der Waals surface area contributed by atoms with E-state index < -0.39 is 20.2 Å². The largest absolute Gasteiger partial charge is 0.299 e. The topological polar surface area (TPSA) is 118 Å². The van der Waals surface area contributed by atoms with Crippen LogP contribution < -0.4 is 14.6 Å². The Morgan fingerprint density at radius 2 is 1.65 bits per heavy atom. The molecule has 0 radical (unpaired) electrons. The Morgan fingerprint density at radius 3 is 2.05 bits per heavy atom. The third kappa shape index (κ3) is 4.76. The zero-order chi connectivity index (χ0) is 15.6. The number of hydrogen-bond donors (Lipinski definition) is 3. The number of anilines is 1. The molecule has 0 aliphatic carbocycles. The maximum Gasteiger partial charge on any atom is 0.299 e. The minimum absolute atomic E-state index is 0.121. The number of primary sulfonamides is 1. The second kappa shape index (κ2) is 6.46. The highest BCUT2D eigenvalue weighted by molar-refractivity contribution is 7.90. The summed E-state index contributed by atoms with van der Waals surface area (Å²) in [6.45, 7) is 2.03. The van der Waals surface area contributed by atoms with E-state index >= 15 is 0 Å². The fraction of sp³-hybridized carbons (Fsp3) is 0.333. The Labute approximate surface area is 127 Å². The van der Waals surface area contributed by atoms with Crippen LogP contribution in [0.25, 0.3) is 0 Å². The van der Waals surface area contributed by atoms with E-state index in [4.69, 9.17) is 28.3 Å². The quantitative estimate of drug-likeness (QED) is 0.707. The highest BCUT2D eigenvalue weighted by Gasteiger charge is 2.18. The molecular weight excluding hydrogens is 349 g/mol. The molecule has 1 rings (SSSR count). The van der Waals surface area contributed by atoms with E-state index in [1.165, 1.54) is 0 Å². The fourth-order valence-electron chi connectivity index (χ4n) is 1.22. The van der Waals surface area contributed by atoms with E-state index in [1.807, 2.05) is 0 Å². The van der Waals surface area contributed by atoms with Crippen LogP contribution in [0.5, 0.6) is 0 Å². The first kappa shape index (κ1) is 17.5. The van der Waals surface area contributed by atoms with Crippen molar-refractivity contribution in [2.75, 3.05) is 11.3 Å². The third-order valence-electron chi connectivity index (χ3n) is 2.12. The van der Waals surface area contributed by atoms with Crippen LogP contribution in [0.15, 0.2) is 17.0 Å². The summed E-state index contributed by atoms with van der Waals surface area (Å²) in [5.74, 6) is 0. The molecule has 114 valence electrons. The van der Waals surface area contributed by atoms with Crippen LogP contribution >= 0.6 is 23.2 Å². The molecule has 0 saturated heterocycles. The SMILES string of the molecule is CCCNS(=O)(=O)Nc1c(Cl)cc(S(N)(=O)=O)cc1Cl. The number of halogens is 2. The summed E-state index contributed by atoms with van der Waals surface area (Å²) >= 11 is 11.6. The number of benzene rings is 1. The monoisotopic (exact) mass is 361 g/mol. The van der Waals surface area contributed by atoms with Gasteiger partial charge in [0.25, 0.3) is 10.2 Å². The normalized spacial score (nSPS) is 12.4. The molecular formula is C9H13Cl2N3O4S2. The van der Waals surface area contributed by atoms with Crippen LogP contribution in [-0.2, 0) is 20.2 Å². The van der Waals surface area contributed by atoms with Gasteiger partial charge in [-0.1, -0.05) is 30.1 Å². The summed E-state index contributed by atoms with van der Waals surface area (Å²) < 4.78 is 50.1. The van der Waals surface area contributed by atoms with Crippen molar-refractivity contribution in [3.8, 4) is 0 Å². The molecule has 0 unspecified atom stereocenters. The lowest BCUT2D eigenvalue weighted by Gasteiger charge is -2.12. The van der Waals surface area contributed by atoms with Crippen molar-refractivity contribution in [3.63, 3.8) is 0 Å². The van der Waals surface area contributed by atoms with Gasteiger partial charge in [-0.05, 0) is 18.6 Å². The molecule has 0 bridgehead atoms. The van der Waals surface area contributed by atoms with Crippen molar-refractivity contribution in [1.82, 2.24) is 4.72 Å². The molecule has 11 heteroatoms. The average molecular weight is 362 g/mol. The minimum Gasteiger partial charge on any atom is -0.268 e. The first-order valence-electron chi connectivity index (χ1n) is 5.36. The number of hydrogen-bond acceptors (Lipinski definition) is 4. The summed E-state index contributed by atoms with van der Waals surface area (Å²) in [5, 5.41) is 4.59. The number of nitrogens with one attached hydrogen (secondary N) is 2. The molecule has 0 atom stereocenters. The van der Waals surface area contributed by atoms with Crippen LogP contribution in [0, 0.1) is 0 Å². The predicted molar refractivity (Wildman–Crippen MR) is 78.7 cm³/mol. The predicted octanol–water partition coefficient (Wildman–Crippen LogP) is 1.30. The summed E-state index contributed by atoms with van der Waals surface area (Å²) in [6.07, 6.45) is 0.604. The molecule has 0 amide bonds. The summed E-state index contributed by atoms with van der Waals surface area (Å²) in [4.78, 5) is -0.308. The number of rotatable bonds is 6. The molecule has 0 fully saturated rings. The van der Waals surface area contributed by atoms with Crippen LogP contribution in [0.2, 0.25) is 10.0 Å². The van der Waals surface area contributed by atoms with Gasteiger partial charge < -0.3 is 0 Å². The van der Waals surface area contributed by atoms with Gasteiger partial charge >= 0.3 is 0 Å². The maximum absolute atomic E-state index is 11.7. The number of nitrogens with two attached hydrogens (primary N) is 1. The Balaban J connectivity index is 3.16. The second-order valence-corrected chi connectivity index (χ2v) is 7.68. The third-order valence-corrected chi connectivity index (χ3v) is 4.67. The van der Waals surface area contributed by atoms with Crippen LogP contribution in [0.1, 0.15) is 13.3 Å². The van der Waals surface area contributed by atoms with E-state index in [1.54, 1.807) is 6.92 Å². The molecule has 7 nitrogen and oxygen atoms in total. The molecule has 0 aromatic heterocycles. The summed E-state index contributed by atoms with van der Waals surface area (Å²) in [5.41, 5.74) is -0.121. The molecule has 0 aliphatic heterocycles. The minimum atomic E-state index is -3.98. The first-order valence-corrected chi connectivity index (χ1v) is 9.14. The maximum atomic E-state index is 11.7.